The first-order valence-electron chi connectivity index (χ1n) is 27.7. The van der Waals surface area contributed by atoms with Crippen molar-refractivity contribution in [2.24, 2.45) is 0 Å². The van der Waals surface area contributed by atoms with Crippen molar-refractivity contribution in [3.8, 4) is 0 Å². The van der Waals surface area contributed by atoms with Gasteiger partial charge in [0.15, 0.2) is 6.10 Å². The third-order valence-corrected chi connectivity index (χ3v) is 11.2. The smallest absolute Gasteiger partial charge is 0.306 e. The van der Waals surface area contributed by atoms with Crippen molar-refractivity contribution in [2.45, 2.75) is 232 Å². The van der Waals surface area contributed by atoms with E-state index in [2.05, 4.69) is 142 Å². The molecule has 0 N–H and O–H groups in total. The van der Waals surface area contributed by atoms with Crippen LogP contribution in [0.15, 0.2) is 134 Å². The van der Waals surface area contributed by atoms with Crippen molar-refractivity contribution in [1.82, 2.24) is 0 Å². The van der Waals surface area contributed by atoms with Crippen LogP contribution >= 0.6 is 0 Å². The molecule has 0 heterocycles. The van der Waals surface area contributed by atoms with Crippen molar-refractivity contribution in [1.29, 1.82) is 0 Å². The molecule has 0 saturated carbocycles. The van der Waals surface area contributed by atoms with Gasteiger partial charge in [-0.2, -0.15) is 0 Å². The van der Waals surface area contributed by atoms with Crippen LogP contribution in [0.3, 0.4) is 0 Å². The summed E-state index contributed by atoms with van der Waals surface area (Å²) in [5.41, 5.74) is 0. The van der Waals surface area contributed by atoms with Crippen LogP contribution in [0.2, 0.25) is 0 Å². The van der Waals surface area contributed by atoms with Gasteiger partial charge in [0.25, 0.3) is 0 Å². The van der Waals surface area contributed by atoms with Crippen molar-refractivity contribution >= 4 is 17.9 Å². The maximum Gasteiger partial charge on any atom is 0.306 e. The summed E-state index contributed by atoms with van der Waals surface area (Å²) in [6, 6.07) is 0. The van der Waals surface area contributed by atoms with Gasteiger partial charge in [0, 0.05) is 19.3 Å². The molecule has 1 unspecified atom stereocenters. The van der Waals surface area contributed by atoms with Gasteiger partial charge in [-0.25, -0.2) is 0 Å². The first-order chi connectivity index (χ1) is 34.0. The molecular formula is C63H100O6. The first kappa shape index (κ1) is 64.5. The number of carbonyl (C=O) groups is 3. The van der Waals surface area contributed by atoms with Gasteiger partial charge in [0.05, 0.1) is 0 Å². The van der Waals surface area contributed by atoms with Gasteiger partial charge in [-0.05, 0) is 103 Å². The number of hydrogen-bond donors (Lipinski definition) is 0. The van der Waals surface area contributed by atoms with Gasteiger partial charge >= 0.3 is 17.9 Å². The number of hydrogen-bond acceptors (Lipinski definition) is 6. The number of ether oxygens (including phenoxy) is 3. The van der Waals surface area contributed by atoms with Gasteiger partial charge in [-0.15, -0.1) is 0 Å². The van der Waals surface area contributed by atoms with E-state index in [4.69, 9.17) is 14.2 Å². The highest BCUT2D eigenvalue weighted by Crippen LogP contribution is 2.14. The molecule has 0 aromatic heterocycles. The molecular weight excluding hydrogens is 853 g/mol. The Kier molecular flexibility index (Phi) is 52.5. The Morgan fingerprint density at radius 3 is 0.971 bits per heavy atom. The standard InChI is InChI=1S/C63H100O6/c1-4-7-10-13-16-19-22-25-27-29-31-33-35-38-41-44-47-50-53-56-62(65)68-59-60(58-67-61(64)55-52-49-46-43-40-37-24-21-18-15-12-9-6-3)69-63(66)57-54-51-48-45-42-39-36-34-32-30-28-26-23-20-17-14-11-8-5-2/h7-8,10-11,16-17,19-20,25-28,31-34,38-39,41-42,47,50,60H,4-6,9,12-15,18,21-24,29-30,35-37,40,43-46,48-49,51-59H2,1-3H3/b10-7-,11-8-,19-16-,20-17-,27-25-,28-26-,33-31-,34-32-,41-38-,42-39-,50-47-. The highest BCUT2D eigenvalue weighted by atomic mass is 16.6. The van der Waals surface area contributed by atoms with Crippen LogP contribution in [0.1, 0.15) is 226 Å². The molecule has 0 rings (SSSR count). The van der Waals surface area contributed by atoms with Crippen LogP contribution in [-0.4, -0.2) is 37.2 Å². The molecule has 388 valence electrons. The summed E-state index contributed by atoms with van der Waals surface area (Å²) in [6.07, 6.45) is 78.8. The molecule has 0 aromatic rings. The summed E-state index contributed by atoms with van der Waals surface area (Å²) in [5, 5.41) is 0. The van der Waals surface area contributed by atoms with Crippen LogP contribution in [0, 0.1) is 0 Å². The van der Waals surface area contributed by atoms with E-state index >= 15 is 0 Å². The van der Waals surface area contributed by atoms with Crippen molar-refractivity contribution in [3.05, 3.63) is 134 Å². The molecule has 0 aliphatic rings. The molecule has 6 nitrogen and oxygen atoms in total. The van der Waals surface area contributed by atoms with Gasteiger partial charge < -0.3 is 14.2 Å². The first-order valence-corrected chi connectivity index (χ1v) is 27.7. The Balaban J connectivity index is 4.58. The largest absolute Gasteiger partial charge is 0.462 e. The topological polar surface area (TPSA) is 78.9 Å². The number of esters is 3. The molecule has 0 amide bonds. The van der Waals surface area contributed by atoms with Crippen LogP contribution in [0.25, 0.3) is 0 Å². The highest BCUT2D eigenvalue weighted by Gasteiger charge is 2.19. The summed E-state index contributed by atoms with van der Waals surface area (Å²) >= 11 is 0. The summed E-state index contributed by atoms with van der Waals surface area (Å²) in [4.78, 5) is 38.1. The van der Waals surface area contributed by atoms with Crippen LogP contribution in [0.4, 0.5) is 0 Å². The minimum absolute atomic E-state index is 0.118. The van der Waals surface area contributed by atoms with E-state index < -0.39 is 6.10 Å². The second kappa shape index (κ2) is 56.1. The number of rotatable bonds is 48. The average Bonchev–Trinajstić information content (AvgIpc) is 3.35. The summed E-state index contributed by atoms with van der Waals surface area (Å²) in [6.45, 7) is 6.31. The Hall–Kier alpha value is -4.45. The number of unbranched alkanes of at least 4 members (excludes halogenated alkanes) is 15. The van der Waals surface area contributed by atoms with Gasteiger partial charge in [0.1, 0.15) is 13.2 Å². The van der Waals surface area contributed by atoms with Gasteiger partial charge in [-0.1, -0.05) is 238 Å². The summed E-state index contributed by atoms with van der Waals surface area (Å²) < 4.78 is 16.7. The fourth-order valence-corrected chi connectivity index (χ4v) is 7.08. The zero-order valence-corrected chi connectivity index (χ0v) is 44.3. The molecule has 69 heavy (non-hydrogen) atoms. The molecule has 0 aromatic carbocycles. The normalized spacial score (nSPS) is 13.1. The lowest BCUT2D eigenvalue weighted by atomic mass is 10.0. The number of allylic oxidation sites excluding steroid dienone is 22. The SMILES string of the molecule is CC/C=C\C/C=C\C/C=C\C/C=C\C/C=C\C/C=C\CCC(=O)OCC(COC(=O)CCCCCCCCCCCCCCC)OC(=O)CCCCC/C=C\C/C=C\C/C=C\C/C=C\C/C=C\CC. The highest BCUT2D eigenvalue weighted by molar-refractivity contribution is 5.71. The van der Waals surface area contributed by atoms with E-state index in [1.165, 1.54) is 64.2 Å². The Labute approximate surface area is 424 Å². The van der Waals surface area contributed by atoms with E-state index in [-0.39, 0.29) is 44.0 Å². The van der Waals surface area contributed by atoms with Crippen molar-refractivity contribution in [3.63, 3.8) is 0 Å². The maximum atomic E-state index is 12.8. The Bertz CT molecular complexity index is 1510. The zero-order chi connectivity index (χ0) is 50.0. The quantitative estimate of drug-likeness (QED) is 0.0262. The van der Waals surface area contributed by atoms with E-state index in [9.17, 15) is 14.4 Å². The molecule has 0 aliphatic heterocycles. The van der Waals surface area contributed by atoms with Crippen LogP contribution < -0.4 is 0 Å². The minimum Gasteiger partial charge on any atom is -0.462 e. The fourth-order valence-electron chi connectivity index (χ4n) is 7.08. The maximum absolute atomic E-state index is 12.8. The van der Waals surface area contributed by atoms with Gasteiger partial charge in [-0.3, -0.25) is 14.4 Å². The average molecular weight is 953 g/mol. The third kappa shape index (κ3) is 54.4. The van der Waals surface area contributed by atoms with Crippen LogP contribution in [-0.2, 0) is 28.6 Å². The van der Waals surface area contributed by atoms with Crippen molar-refractivity contribution < 1.29 is 28.6 Å². The molecule has 0 fully saturated rings. The van der Waals surface area contributed by atoms with E-state index in [0.717, 1.165) is 109 Å². The minimum atomic E-state index is -0.829. The predicted molar refractivity (Wildman–Crippen MR) is 297 cm³/mol. The molecule has 0 radical (unpaired) electrons. The fraction of sp³-hybridized carbons (Fsp3) is 0.603. The van der Waals surface area contributed by atoms with E-state index in [1.807, 2.05) is 12.2 Å². The molecule has 0 saturated heterocycles. The third-order valence-electron chi connectivity index (χ3n) is 11.2. The lowest BCUT2D eigenvalue weighted by Crippen LogP contribution is -2.30. The monoisotopic (exact) mass is 953 g/mol. The second-order valence-electron chi connectivity index (χ2n) is 17.7. The van der Waals surface area contributed by atoms with Crippen molar-refractivity contribution in [2.75, 3.05) is 13.2 Å². The predicted octanol–water partition coefficient (Wildman–Crippen LogP) is 18.6. The lowest BCUT2D eigenvalue weighted by Gasteiger charge is -2.18. The molecule has 0 spiro atoms. The van der Waals surface area contributed by atoms with E-state index in [0.29, 0.717) is 19.3 Å². The van der Waals surface area contributed by atoms with Crippen LogP contribution in [0.5, 0.6) is 0 Å². The van der Waals surface area contributed by atoms with Gasteiger partial charge in [0.2, 0.25) is 0 Å². The molecule has 6 heteroatoms. The number of carbonyl (C=O) groups excluding carboxylic acids is 3. The molecule has 0 bridgehead atoms. The summed E-state index contributed by atoms with van der Waals surface area (Å²) in [7, 11) is 0. The summed E-state index contributed by atoms with van der Waals surface area (Å²) in [5.74, 6) is -1.04. The zero-order valence-electron chi connectivity index (χ0n) is 44.3. The van der Waals surface area contributed by atoms with E-state index in [1.54, 1.807) is 0 Å². The second-order valence-corrected chi connectivity index (χ2v) is 17.7. The Morgan fingerprint density at radius 2 is 0.594 bits per heavy atom. The Morgan fingerprint density at radius 1 is 0.304 bits per heavy atom. The molecule has 1 atom stereocenters. The molecule has 0 aliphatic carbocycles. The lowest BCUT2D eigenvalue weighted by molar-refractivity contribution is -0.166.